The first-order valence-corrected chi connectivity index (χ1v) is 7.21. The van der Waals surface area contributed by atoms with Gasteiger partial charge in [-0.2, -0.15) is 0 Å². The third kappa shape index (κ3) is 3.44. The monoisotopic (exact) mass is 277 g/mol. The molecule has 4 nitrogen and oxygen atoms in total. The summed E-state index contributed by atoms with van der Waals surface area (Å²) in [6, 6.07) is 4.02. The topological polar surface area (TPSA) is 47.0 Å². The maximum absolute atomic E-state index is 5.32. The number of pyridine rings is 1. The fourth-order valence-electron chi connectivity index (χ4n) is 1.96. The zero-order valence-electron chi connectivity index (χ0n) is 11.7. The van der Waals surface area contributed by atoms with E-state index in [1.807, 2.05) is 26.0 Å². The van der Waals surface area contributed by atoms with Crippen LogP contribution in [0.2, 0.25) is 0 Å². The molecule has 0 aliphatic heterocycles. The predicted octanol–water partition coefficient (Wildman–Crippen LogP) is 3.73. The molecule has 2 heterocycles. The van der Waals surface area contributed by atoms with Crippen LogP contribution in [0.25, 0.3) is 0 Å². The Labute approximate surface area is 117 Å². The molecule has 2 aromatic rings. The average molecular weight is 277 g/mol. The summed E-state index contributed by atoms with van der Waals surface area (Å²) in [5.41, 5.74) is 2.08. The van der Waals surface area contributed by atoms with Crippen molar-refractivity contribution in [1.29, 1.82) is 0 Å². The molecule has 0 bridgehead atoms. The molecule has 1 atom stereocenters. The van der Waals surface area contributed by atoms with Gasteiger partial charge in [0.2, 0.25) is 5.88 Å². The molecule has 2 rings (SSSR count). The van der Waals surface area contributed by atoms with Crippen molar-refractivity contribution in [2.45, 2.75) is 33.7 Å². The van der Waals surface area contributed by atoms with Crippen molar-refractivity contribution in [2.24, 2.45) is 0 Å². The molecule has 0 aliphatic carbocycles. The van der Waals surface area contributed by atoms with Crippen molar-refractivity contribution in [3.8, 4) is 5.88 Å². The van der Waals surface area contributed by atoms with Crippen LogP contribution in [-0.2, 0) is 0 Å². The Morgan fingerprint density at radius 3 is 2.68 bits per heavy atom. The number of nitrogens with one attached hydrogen (secondary N) is 1. The summed E-state index contributed by atoms with van der Waals surface area (Å²) in [7, 11) is 0. The summed E-state index contributed by atoms with van der Waals surface area (Å²) in [6.45, 7) is 8.83. The molecule has 0 spiro atoms. The summed E-state index contributed by atoms with van der Waals surface area (Å²) in [6.07, 6.45) is 1.79. The van der Waals surface area contributed by atoms with Crippen molar-refractivity contribution >= 4 is 17.0 Å². The first-order valence-electron chi connectivity index (χ1n) is 6.39. The molecular formula is C14H19N3OS. The van der Waals surface area contributed by atoms with Crippen LogP contribution >= 0.6 is 11.3 Å². The van der Waals surface area contributed by atoms with Crippen molar-refractivity contribution in [3.63, 3.8) is 0 Å². The van der Waals surface area contributed by atoms with Crippen molar-refractivity contribution < 1.29 is 4.74 Å². The fraction of sp³-hybridized carbons (Fsp3) is 0.429. The Bertz CT molecular complexity index is 536. The zero-order valence-corrected chi connectivity index (χ0v) is 12.5. The van der Waals surface area contributed by atoms with Gasteiger partial charge in [0.15, 0.2) is 0 Å². The molecule has 0 aliphatic rings. The van der Waals surface area contributed by atoms with Crippen LogP contribution in [0.5, 0.6) is 5.88 Å². The number of anilines is 1. The summed E-state index contributed by atoms with van der Waals surface area (Å²) in [5.74, 6) is 0.654. The van der Waals surface area contributed by atoms with Crippen LogP contribution in [0.3, 0.4) is 0 Å². The van der Waals surface area contributed by atoms with Gasteiger partial charge in [-0.15, -0.1) is 11.3 Å². The Morgan fingerprint density at radius 1 is 1.37 bits per heavy atom. The van der Waals surface area contributed by atoms with Gasteiger partial charge >= 0.3 is 0 Å². The summed E-state index contributed by atoms with van der Waals surface area (Å²) >= 11 is 1.73. The lowest BCUT2D eigenvalue weighted by atomic mass is 10.2. The van der Waals surface area contributed by atoms with E-state index in [4.69, 9.17) is 4.74 Å². The third-order valence-corrected chi connectivity index (χ3v) is 3.66. The van der Waals surface area contributed by atoms with Crippen LogP contribution < -0.4 is 10.1 Å². The molecule has 1 unspecified atom stereocenters. The normalized spacial score (nSPS) is 12.2. The molecule has 0 radical (unpaired) electrons. The molecule has 0 saturated carbocycles. The number of thiazole rings is 1. The maximum Gasteiger partial charge on any atom is 0.213 e. The van der Waals surface area contributed by atoms with Gasteiger partial charge in [-0.1, -0.05) is 0 Å². The highest BCUT2D eigenvalue weighted by atomic mass is 32.1. The fourth-order valence-corrected chi connectivity index (χ4v) is 2.88. The second kappa shape index (κ2) is 6.02. The smallest absolute Gasteiger partial charge is 0.213 e. The Hall–Kier alpha value is -1.62. The van der Waals surface area contributed by atoms with E-state index >= 15 is 0 Å². The predicted molar refractivity (Wildman–Crippen MR) is 79.0 cm³/mol. The minimum Gasteiger partial charge on any atom is -0.478 e. The standard InChI is InChI=1S/C14H19N3OS/c1-5-18-13-7-6-12(8-15-13)16-9(2)14-10(3)19-11(4)17-14/h6-9,16H,5H2,1-4H3. The highest BCUT2D eigenvalue weighted by Crippen LogP contribution is 2.25. The average Bonchev–Trinajstić information content (AvgIpc) is 2.71. The van der Waals surface area contributed by atoms with Gasteiger partial charge in [-0.25, -0.2) is 9.97 Å². The van der Waals surface area contributed by atoms with Crippen molar-refractivity contribution in [2.75, 3.05) is 11.9 Å². The molecule has 2 aromatic heterocycles. The zero-order chi connectivity index (χ0) is 13.8. The third-order valence-electron chi connectivity index (χ3n) is 2.76. The lowest BCUT2D eigenvalue weighted by Gasteiger charge is -2.14. The van der Waals surface area contributed by atoms with E-state index < -0.39 is 0 Å². The molecule has 0 amide bonds. The molecule has 19 heavy (non-hydrogen) atoms. The summed E-state index contributed by atoms with van der Waals surface area (Å²) in [4.78, 5) is 10.1. The molecule has 5 heteroatoms. The van der Waals surface area contributed by atoms with E-state index in [1.54, 1.807) is 17.5 Å². The highest BCUT2D eigenvalue weighted by molar-refractivity contribution is 7.11. The molecule has 102 valence electrons. The van der Waals surface area contributed by atoms with Crippen LogP contribution in [0.4, 0.5) is 5.69 Å². The quantitative estimate of drug-likeness (QED) is 0.904. The Morgan fingerprint density at radius 2 is 2.16 bits per heavy atom. The minimum absolute atomic E-state index is 0.171. The van der Waals surface area contributed by atoms with Crippen molar-refractivity contribution in [1.82, 2.24) is 9.97 Å². The summed E-state index contributed by atoms with van der Waals surface area (Å²) in [5, 5.41) is 4.51. The highest BCUT2D eigenvalue weighted by Gasteiger charge is 2.13. The van der Waals surface area contributed by atoms with E-state index in [-0.39, 0.29) is 6.04 Å². The number of aromatic nitrogens is 2. The van der Waals surface area contributed by atoms with Gasteiger partial charge in [-0.05, 0) is 33.8 Å². The van der Waals surface area contributed by atoms with E-state index in [9.17, 15) is 0 Å². The number of hydrogen-bond donors (Lipinski definition) is 1. The van der Waals surface area contributed by atoms with Gasteiger partial charge in [0.05, 0.1) is 35.2 Å². The van der Waals surface area contributed by atoms with E-state index in [1.165, 1.54) is 4.88 Å². The lowest BCUT2D eigenvalue weighted by Crippen LogP contribution is -2.08. The second-order valence-corrected chi connectivity index (χ2v) is 5.77. The van der Waals surface area contributed by atoms with Crippen LogP contribution in [0, 0.1) is 13.8 Å². The SMILES string of the molecule is CCOc1ccc(NC(C)c2nc(C)sc2C)cn1. The van der Waals surface area contributed by atoms with Crippen LogP contribution in [0.15, 0.2) is 18.3 Å². The van der Waals surface area contributed by atoms with Crippen LogP contribution in [0.1, 0.15) is 35.5 Å². The van der Waals surface area contributed by atoms with E-state index in [0.29, 0.717) is 12.5 Å². The number of nitrogens with zero attached hydrogens (tertiary/aromatic N) is 2. The van der Waals surface area contributed by atoms with E-state index in [0.717, 1.165) is 16.4 Å². The van der Waals surface area contributed by atoms with Gasteiger partial charge < -0.3 is 10.1 Å². The second-order valence-electron chi connectivity index (χ2n) is 4.36. The minimum atomic E-state index is 0.171. The van der Waals surface area contributed by atoms with Crippen molar-refractivity contribution in [3.05, 3.63) is 33.9 Å². The number of aryl methyl sites for hydroxylation is 2. The van der Waals surface area contributed by atoms with E-state index in [2.05, 4.69) is 29.1 Å². The Balaban J connectivity index is 2.06. The number of hydrogen-bond acceptors (Lipinski definition) is 5. The largest absolute Gasteiger partial charge is 0.478 e. The van der Waals surface area contributed by atoms with Gasteiger partial charge in [0, 0.05) is 10.9 Å². The Kier molecular flexibility index (Phi) is 4.37. The van der Waals surface area contributed by atoms with Gasteiger partial charge in [-0.3, -0.25) is 0 Å². The molecular weight excluding hydrogens is 258 g/mol. The maximum atomic E-state index is 5.32. The first kappa shape index (κ1) is 13.8. The molecule has 0 aromatic carbocycles. The molecule has 0 saturated heterocycles. The first-order chi connectivity index (χ1) is 9.10. The number of rotatable bonds is 5. The van der Waals surface area contributed by atoms with Gasteiger partial charge in [0.25, 0.3) is 0 Å². The van der Waals surface area contributed by atoms with Gasteiger partial charge in [0.1, 0.15) is 0 Å². The lowest BCUT2D eigenvalue weighted by molar-refractivity contribution is 0.327. The van der Waals surface area contributed by atoms with Crippen LogP contribution in [-0.4, -0.2) is 16.6 Å². The summed E-state index contributed by atoms with van der Waals surface area (Å²) < 4.78 is 5.32. The molecule has 1 N–H and O–H groups in total. The number of ether oxygens (including phenoxy) is 1. The molecule has 0 fully saturated rings.